The minimum atomic E-state index is -3.63. The topological polar surface area (TPSA) is 90.3 Å². The van der Waals surface area contributed by atoms with Gasteiger partial charge in [-0.3, -0.25) is 4.79 Å². The molecule has 28 heavy (non-hydrogen) atoms. The van der Waals surface area contributed by atoms with Crippen molar-refractivity contribution < 1.29 is 13.2 Å². The van der Waals surface area contributed by atoms with Gasteiger partial charge >= 0.3 is 0 Å². The number of benzene rings is 2. The number of piperidine rings is 1. The zero-order valence-electron chi connectivity index (χ0n) is 15.8. The van der Waals surface area contributed by atoms with Crippen LogP contribution in [0, 0.1) is 11.3 Å². The quantitative estimate of drug-likeness (QED) is 0.835. The Balaban J connectivity index is 1.78. The van der Waals surface area contributed by atoms with Crippen LogP contribution in [-0.4, -0.2) is 31.2 Å². The Bertz CT molecular complexity index is 994. The predicted molar refractivity (Wildman–Crippen MR) is 107 cm³/mol. The molecule has 1 amide bonds. The lowest BCUT2D eigenvalue weighted by molar-refractivity contribution is 0.102. The van der Waals surface area contributed by atoms with Crippen molar-refractivity contribution in [3.8, 4) is 6.07 Å². The molecule has 0 saturated carbocycles. The Morgan fingerprint density at radius 1 is 1.21 bits per heavy atom. The third-order valence-electron chi connectivity index (χ3n) is 4.94. The lowest BCUT2D eigenvalue weighted by Gasteiger charge is -2.32. The maximum absolute atomic E-state index is 13.0. The van der Waals surface area contributed by atoms with Crippen LogP contribution in [0.5, 0.6) is 0 Å². The number of anilines is 1. The molecule has 1 N–H and O–H groups in total. The Hall–Kier alpha value is -2.69. The molecule has 2 aromatic carbocycles. The van der Waals surface area contributed by atoms with E-state index in [0.717, 1.165) is 24.8 Å². The van der Waals surface area contributed by atoms with Gasteiger partial charge in [-0.2, -0.15) is 9.57 Å². The zero-order chi connectivity index (χ0) is 20.1. The van der Waals surface area contributed by atoms with Crippen LogP contribution in [0.15, 0.2) is 53.4 Å². The first-order valence-electron chi connectivity index (χ1n) is 9.31. The molecule has 1 heterocycles. The van der Waals surface area contributed by atoms with Crippen molar-refractivity contribution in [3.05, 3.63) is 59.7 Å². The molecule has 3 rings (SSSR count). The Labute approximate surface area is 165 Å². The highest BCUT2D eigenvalue weighted by atomic mass is 32.2. The van der Waals surface area contributed by atoms with E-state index in [4.69, 9.17) is 5.26 Å². The van der Waals surface area contributed by atoms with Crippen LogP contribution in [0.1, 0.15) is 42.1 Å². The van der Waals surface area contributed by atoms with Gasteiger partial charge in [0.2, 0.25) is 10.0 Å². The molecule has 6 nitrogen and oxygen atoms in total. The smallest absolute Gasteiger partial charge is 0.255 e. The van der Waals surface area contributed by atoms with Crippen molar-refractivity contribution in [2.75, 3.05) is 11.9 Å². The van der Waals surface area contributed by atoms with Gasteiger partial charge in [-0.25, -0.2) is 8.42 Å². The summed E-state index contributed by atoms with van der Waals surface area (Å²) >= 11 is 0. The summed E-state index contributed by atoms with van der Waals surface area (Å²) in [5.41, 5.74) is 1.74. The molecule has 7 heteroatoms. The second-order valence-electron chi connectivity index (χ2n) is 6.97. The zero-order valence-corrected chi connectivity index (χ0v) is 16.6. The van der Waals surface area contributed by atoms with Gasteiger partial charge in [-0.15, -0.1) is 0 Å². The number of nitriles is 1. The highest BCUT2D eigenvalue weighted by Gasteiger charge is 2.31. The number of hydrogen-bond acceptors (Lipinski definition) is 4. The van der Waals surface area contributed by atoms with Crippen molar-refractivity contribution in [1.29, 1.82) is 5.26 Å². The summed E-state index contributed by atoms with van der Waals surface area (Å²) < 4.78 is 27.5. The number of nitrogens with one attached hydrogen (secondary N) is 1. The van der Waals surface area contributed by atoms with Crippen molar-refractivity contribution in [3.63, 3.8) is 0 Å². The summed E-state index contributed by atoms with van der Waals surface area (Å²) in [4.78, 5) is 12.7. The van der Waals surface area contributed by atoms with Crippen LogP contribution in [0.3, 0.4) is 0 Å². The molecule has 0 spiro atoms. The molecule has 0 aromatic heterocycles. The van der Waals surface area contributed by atoms with Gasteiger partial charge in [0, 0.05) is 23.8 Å². The maximum Gasteiger partial charge on any atom is 0.255 e. The van der Waals surface area contributed by atoms with Crippen molar-refractivity contribution in [1.82, 2.24) is 4.31 Å². The molecule has 1 aliphatic heterocycles. The molecule has 0 bridgehead atoms. The van der Waals surface area contributed by atoms with Crippen LogP contribution in [0.4, 0.5) is 5.69 Å². The van der Waals surface area contributed by atoms with Gasteiger partial charge in [-0.05, 0) is 55.7 Å². The van der Waals surface area contributed by atoms with E-state index in [-0.39, 0.29) is 22.4 Å². The summed E-state index contributed by atoms with van der Waals surface area (Å²) in [5.74, 6) is -0.378. The van der Waals surface area contributed by atoms with E-state index in [1.807, 2.05) is 6.92 Å². The van der Waals surface area contributed by atoms with E-state index < -0.39 is 10.0 Å². The maximum atomic E-state index is 13.0. The number of hydrogen-bond donors (Lipinski definition) is 1. The lowest BCUT2D eigenvalue weighted by Crippen LogP contribution is -2.41. The summed E-state index contributed by atoms with van der Waals surface area (Å²) in [6.45, 7) is 2.43. The first-order valence-corrected chi connectivity index (χ1v) is 10.7. The van der Waals surface area contributed by atoms with Gasteiger partial charge in [0.15, 0.2) is 0 Å². The summed E-state index contributed by atoms with van der Waals surface area (Å²) in [7, 11) is -3.63. The van der Waals surface area contributed by atoms with E-state index >= 15 is 0 Å². The number of amides is 1. The molecule has 2 aromatic rings. The fraction of sp³-hybridized carbons (Fsp3) is 0.333. The molecule has 0 radical (unpaired) electrons. The lowest BCUT2D eigenvalue weighted by atomic mass is 10.1. The third kappa shape index (κ3) is 4.41. The minimum Gasteiger partial charge on any atom is -0.322 e. The summed E-state index contributed by atoms with van der Waals surface area (Å²) in [5, 5.41) is 11.5. The average Bonchev–Trinajstić information content (AvgIpc) is 2.70. The highest BCUT2D eigenvalue weighted by molar-refractivity contribution is 7.89. The third-order valence-corrected chi connectivity index (χ3v) is 6.95. The van der Waals surface area contributed by atoms with Gasteiger partial charge in [-0.1, -0.05) is 24.6 Å². The Morgan fingerprint density at radius 2 is 1.96 bits per heavy atom. The number of rotatable bonds is 5. The average molecular weight is 398 g/mol. The van der Waals surface area contributed by atoms with Gasteiger partial charge in [0.25, 0.3) is 5.91 Å². The van der Waals surface area contributed by atoms with Gasteiger partial charge < -0.3 is 5.32 Å². The van der Waals surface area contributed by atoms with Crippen LogP contribution in [0.2, 0.25) is 0 Å². The van der Waals surface area contributed by atoms with Gasteiger partial charge in [0.05, 0.1) is 17.4 Å². The summed E-state index contributed by atoms with van der Waals surface area (Å²) in [6.07, 6.45) is 3.04. The SMILES string of the molecule is C[C@H]1CCCCN1S(=O)(=O)c1cccc(C(=O)Nc2ccc(CC#N)cc2)c1. The fourth-order valence-electron chi connectivity index (χ4n) is 3.36. The molecule has 1 fully saturated rings. The van der Waals surface area contributed by atoms with E-state index in [2.05, 4.69) is 11.4 Å². The minimum absolute atomic E-state index is 0.0387. The number of carbonyl (C=O) groups excluding carboxylic acids is 1. The largest absolute Gasteiger partial charge is 0.322 e. The first kappa shape index (κ1) is 20.1. The van der Waals surface area contributed by atoms with E-state index in [1.165, 1.54) is 16.4 Å². The Morgan fingerprint density at radius 3 is 2.64 bits per heavy atom. The molecule has 146 valence electrons. The molecule has 1 atom stereocenters. The van der Waals surface area contributed by atoms with E-state index in [9.17, 15) is 13.2 Å². The van der Waals surface area contributed by atoms with Crippen LogP contribution in [-0.2, 0) is 16.4 Å². The standard InChI is InChI=1S/C21H23N3O3S/c1-16-5-2-3-14-24(16)28(26,27)20-7-4-6-18(15-20)21(25)23-19-10-8-17(9-11-19)12-13-22/h4,6-11,15-16H,2-3,5,12,14H2,1H3,(H,23,25)/t16-/m0/s1. The van der Waals surface area contributed by atoms with Crippen LogP contribution in [0.25, 0.3) is 0 Å². The normalized spacial score (nSPS) is 17.6. The molecular formula is C21H23N3O3S. The summed E-state index contributed by atoms with van der Waals surface area (Å²) in [6, 6.07) is 15.2. The van der Waals surface area contributed by atoms with Gasteiger partial charge in [0.1, 0.15) is 0 Å². The second kappa shape index (κ2) is 8.55. The molecular weight excluding hydrogens is 374 g/mol. The first-order chi connectivity index (χ1) is 13.4. The van der Waals surface area contributed by atoms with Crippen molar-refractivity contribution >= 4 is 21.6 Å². The van der Waals surface area contributed by atoms with Crippen molar-refractivity contribution in [2.24, 2.45) is 0 Å². The van der Waals surface area contributed by atoms with Crippen molar-refractivity contribution in [2.45, 2.75) is 43.5 Å². The molecule has 0 unspecified atom stereocenters. The van der Waals surface area contributed by atoms with E-state index in [0.29, 0.717) is 18.7 Å². The molecule has 0 aliphatic carbocycles. The second-order valence-corrected chi connectivity index (χ2v) is 8.86. The predicted octanol–water partition coefficient (Wildman–Crippen LogP) is 3.57. The fourth-order valence-corrected chi connectivity index (χ4v) is 5.11. The molecule has 1 saturated heterocycles. The van der Waals surface area contributed by atoms with Crippen LogP contribution < -0.4 is 5.32 Å². The van der Waals surface area contributed by atoms with Crippen LogP contribution >= 0.6 is 0 Å². The van der Waals surface area contributed by atoms with E-state index in [1.54, 1.807) is 36.4 Å². The Kier molecular flexibility index (Phi) is 6.12. The molecule has 1 aliphatic rings. The number of carbonyl (C=O) groups is 1. The monoisotopic (exact) mass is 397 g/mol. The number of nitrogens with zero attached hydrogens (tertiary/aromatic N) is 2. The number of sulfonamides is 1. The highest BCUT2D eigenvalue weighted by Crippen LogP contribution is 2.25.